The maximum atomic E-state index is 4.61. The predicted octanol–water partition coefficient (Wildman–Crippen LogP) is 3.70. The van der Waals surface area contributed by atoms with E-state index in [-0.39, 0.29) is 52.2 Å². The molecule has 2 aromatic carbocycles. The van der Waals surface area contributed by atoms with E-state index < -0.39 is 0 Å². The minimum atomic E-state index is 0. The van der Waals surface area contributed by atoms with Gasteiger partial charge in [-0.05, 0) is 17.1 Å². The van der Waals surface area contributed by atoms with Gasteiger partial charge in [0.2, 0.25) is 0 Å². The van der Waals surface area contributed by atoms with Crippen LogP contribution in [0.1, 0.15) is 0 Å². The minimum absolute atomic E-state index is 0. The summed E-state index contributed by atoms with van der Waals surface area (Å²) >= 11 is 0. The van der Waals surface area contributed by atoms with Gasteiger partial charge in [-0.3, -0.25) is 4.98 Å². The van der Waals surface area contributed by atoms with Gasteiger partial charge in [0.15, 0.2) is 0 Å². The first-order valence-corrected chi connectivity index (χ1v) is 5.26. The number of nitrogens with zero attached hydrogens (tertiary/aromatic N) is 1. The van der Waals surface area contributed by atoms with E-state index in [2.05, 4.69) is 23.2 Å². The van der Waals surface area contributed by atoms with Crippen molar-refractivity contribution >= 4 is 10.9 Å². The molecule has 0 aliphatic rings. The van der Waals surface area contributed by atoms with Crippen molar-refractivity contribution in [1.82, 2.24) is 4.98 Å². The van der Waals surface area contributed by atoms with E-state index >= 15 is 0 Å². The van der Waals surface area contributed by atoms with E-state index in [1.54, 1.807) is 0 Å². The Morgan fingerprint density at radius 1 is 0.833 bits per heavy atom. The Kier molecular flexibility index (Phi) is 6.29. The molecule has 3 aromatic rings. The molecule has 0 saturated heterocycles. The Hall–Kier alpha value is -0.423. The first-order valence-electron chi connectivity index (χ1n) is 5.26. The largest absolute Gasteiger partial charge is 0.296 e. The van der Waals surface area contributed by atoms with Gasteiger partial charge >= 0.3 is 0 Å². The van der Waals surface area contributed by atoms with E-state index in [1.165, 1.54) is 5.39 Å². The molecule has 0 fully saturated rings. The maximum absolute atomic E-state index is 4.61. The minimum Gasteiger partial charge on any atom is -0.296 e. The molecule has 81 valence electrons. The molecule has 0 aliphatic carbocycles. The second kappa shape index (κ2) is 7.24. The molecule has 18 heavy (non-hydrogen) atoms. The first-order chi connectivity index (χ1) is 7.93. The van der Waals surface area contributed by atoms with E-state index in [0.717, 1.165) is 16.8 Å². The normalized spacial score (nSPS) is 9.33. The Labute approximate surface area is 145 Å². The van der Waals surface area contributed by atoms with Crippen LogP contribution in [0.2, 0.25) is 0 Å². The van der Waals surface area contributed by atoms with Crippen molar-refractivity contribution in [3.8, 4) is 11.3 Å². The Morgan fingerprint density at radius 2 is 1.61 bits per heavy atom. The van der Waals surface area contributed by atoms with Gasteiger partial charge in [-0.2, -0.15) is 0 Å². The predicted molar refractivity (Wildman–Crippen MR) is 66.0 cm³/mol. The monoisotopic (exact) mass is 357 g/mol. The van der Waals surface area contributed by atoms with Crippen LogP contribution in [0.25, 0.3) is 22.2 Å². The molecule has 0 N–H and O–H groups in total. The number of aromatic nitrogens is 1. The zero-order chi connectivity index (χ0) is 10.8. The number of fused-ring (bicyclic) bond motifs is 1. The van der Waals surface area contributed by atoms with Crippen molar-refractivity contribution in [3.63, 3.8) is 0 Å². The third kappa shape index (κ3) is 3.32. The van der Waals surface area contributed by atoms with E-state index in [4.69, 9.17) is 0 Å². The van der Waals surface area contributed by atoms with Gasteiger partial charge in [-0.25, -0.2) is 0 Å². The van der Waals surface area contributed by atoms with Crippen LogP contribution in [0.3, 0.4) is 0 Å². The third-order valence-corrected chi connectivity index (χ3v) is 2.58. The molecular formula is C15H10NYZn-. The van der Waals surface area contributed by atoms with Gasteiger partial charge in [0.1, 0.15) is 0 Å². The Balaban J connectivity index is 0.000000810. The van der Waals surface area contributed by atoms with Crippen LogP contribution in [0.4, 0.5) is 0 Å². The van der Waals surface area contributed by atoms with Gasteiger partial charge in [-0.15, -0.1) is 35.9 Å². The molecule has 3 rings (SSSR count). The summed E-state index contributed by atoms with van der Waals surface area (Å²) in [5, 5.41) is 1.17. The zero-order valence-corrected chi connectivity index (χ0v) is 15.8. The molecule has 3 heteroatoms. The number of hydrogen-bond donors (Lipinski definition) is 0. The fourth-order valence-electron chi connectivity index (χ4n) is 1.77. The van der Waals surface area contributed by atoms with Crippen LogP contribution in [-0.2, 0) is 52.2 Å². The smallest absolute Gasteiger partial charge is 0.0595 e. The summed E-state index contributed by atoms with van der Waals surface area (Å²) in [6.45, 7) is 0. The third-order valence-electron chi connectivity index (χ3n) is 2.58. The quantitative estimate of drug-likeness (QED) is 0.477. The van der Waals surface area contributed by atoms with Crippen molar-refractivity contribution in [3.05, 3.63) is 66.7 Å². The SMILES string of the molecule is [Y].[Zn].[c-]1ccccc1-c1ccc2ccccc2n1. The Morgan fingerprint density at radius 3 is 2.39 bits per heavy atom. The van der Waals surface area contributed by atoms with Crippen LogP contribution < -0.4 is 0 Å². The summed E-state index contributed by atoms with van der Waals surface area (Å²) in [6, 6.07) is 23.4. The van der Waals surface area contributed by atoms with Gasteiger partial charge in [0.05, 0.1) is 5.52 Å². The second-order valence-electron chi connectivity index (χ2n) is 3.67. The van der Waals surface area contributed by atoms with Crippen LogP contribution >= 0.6 is 0 Å². The number of benzene rings is 2. The van der Waals surface area contributed by atoms with Crippen LogP contribution in [0.15, 0.2) is 60.7 Å². The standard InChI is InChI=1S/C15H10N.Y.Zn/c1-2-6-12(7-3-1)15-11-10-13-8-4-5-9-14(13)16-15;;/h1-6,8-11H;;/q-1;;. The summed E-state index contributed by atoms with van der Waals surface area (Å²) in [4.78, 5) is 4.61. The molecule has 0 unspecified atom stereocenters. The topological polar surface area (TPSA) is 12.9 Å². The average molecular weight is 359 g/mol. The number of hydrogen-bond acceptors (Lipinski definition) is 1. The first kappa shape index (κ1) is 15.6. The molecule has 0 saturated carbocycles. The Bertz CT molecular complexity index is 625. The number of para-hydroxylation sites is 1. The maximum Gasteiger partial charge on any atom is 0.0595 e. The molecule has 1 heterocycles. The van der Waals surface area contributed by atoms with E-state index in [1.807, 2.05) is 48.5 Å². The van der Waals surface area contributed by atoms with Crippen molar-refractivity contribution in [2.75, 3.05) is 0 Å². The number of pyridine rings is 1. The van der Waals surface area contributed by atoms with Crippen molar-refractivity contribution in [2.24, 2.45) is 0 Å². The average Bonchev–Trinajstić information content (AvgIpc) is 2.39. The van der Waals surface area contributed by atoms with Crippen LogP contribution in [0, 0.1) is 6.07 Å². The summed E-state index contributed by atoms with van der Waals surface area (Å²) in [6.07, 6.45) is 0. The molecule has 0 spiro atoms. The molecular weight excluding hydrogens is 348 g/mol. The summed E-state index contributed by atoms with van der Waals surface area (Å²) in [7, 11) is 0. The van der Waals surface area contributed by atoms with Crippen molar-refractivity contribution < 1.29 is 52.2 Å². The zero-order valence-electron chi connectivity index (χ0n) is 10.0. The summed E-state index contributed by atoms with van der Waals surface area (Å²) in [5.74, 6) is 0. The molecule has 1 nitrogen and oxygen atoms in total. The molecule has 0 bridgehead atoms. The molecule has 1 radical (unpaired) electrons. The van der Waals surface area contributed by atoms with Crippen LogP contribution in [-0.4, -0.2) is 4.98 Å². The molecule has 0 aliphatic heterocycles. The molecule has 1 aromatic heterocycles. The molecule has 0 amide bonds. The van der Waals surface area contributed by atoms with Gasteiger partial charge in [0, 0.05) is 52.2 Å². The van der Waals surface area contributed by atoms with Crippen molar-refractivity contribution in [1.29, 1.82) is 0 Å². The fourth-order valence-corrected chi connectivity index (χ4v) is 1.77. The van der Waals surface area contributed by atoms with Gasteiger partial charge < -0.3 is 0 Å². The van der Waals surface area contributed by atoms with E-state index in [9.17, 15) is 0 Å². The van der Waals surface area contributed by atoms with E-state index in [0.29, 0.717) is 0 Å². The summed E-state index contributed by atoms with van der Waals surface area (Å²) < 4.78 is 0. The molecule has 0 atom stereocenters. The van der Waals surface area contributed by atoms with Gasteiger partial charge in [0.25, 0.3) is 0 Å². The summed E-state index contributed by atoms with van der Waals surface area (Å²) in [5.41, 5.74) is 3.03. The fraction of sp³-hybridized carbons (Fsp3) is 0. The second-order valence-corrected chi connectivity index (χ2v) is 3.67. The van der Waals surface area contributed by atoms with Crippen LogP contribution in [0.5, 0.6) is 0 Å². The van der Waals surface area contributed by atoms with Gasteiger partial charge in [-0.1, -0.05) is 30.3 Å². The van der Waals surface area contributed by atoms with Crippen molar-refractivity contribution in [2.45, 2.75) is 0 Å². The number of rotatable bonds is 1.